The molecule has 0 aromatic heterocycles. The van der Waals surface area contributed by atoms with Crippen LogP contribution in [-0.4, -0.2) is 61.8 Å². The molecule has 0 spiro atoms. The van der Waals surface area contributed by atoms with Crippen LogP contribution < -0.4 is 10.1 Å². The average Bonchev–Trinajstić information content (AvgIpc) is 2.95. The van der Waals surface area contributed by atoms with E-state index in [1.165, 1.54) is 0 Å². The first-order valence-electron chi connectivity index (χ1n) is 8.78. The minimum absolute atomic E-state index is 0.147. The monoisotopic (exact) mass is 364 g/mol. The van der Waals surface area contributed by atoms with E-state index in [1.807, 2.05) is 36.1 Å². The summed E-state index contributed by atoms with van der Waals surface area (Å²) in [6, 6.07) is 7.12. The molecule has 1 aromatic rings. The van der Waals surface area contributed by atoms with Crippen LogP contribution in [0.2, 0.25) is 0 Å². The molecule has 0 saturated carbocycles. The van der Waals surface area contributed by atoms with Gasteiger partial charge in [-0.25, -0.2) is 0 Å². The number of carbonyl (C=O) groups is 2. The topological polar surface area (TPSA) is 88.1 Å². The fourth-order valence-electron chi connectivity index (χ4n) is 3.84. The van der Waals surface area contributed by atoms with E-state index in [-0.39, 0.29) is 18.4 Å². The molecular formula is C19H28N2O5. The van der Waals surface area contributed by atoms with Crippen molar-refractivity contribution in [1.82, 2.24) is 10.2 Å². The Morgan fingerprint density at radius 3 is 2.46 bits per heavy atom. The van der Waals surface area contributed by atoms with Crippen molar-refractivity contribution in [1.29, 1.82) is 0 Å². The maximum Gasteiger partial charge on any atom is 0.324 e. The maximum absolute atomic E-state index is 12.8. The molecule has 1 aliphatic heterocycles. The lowest BCUT2D eigenvalue weighted by Crippen LogP contribution is -2.48. The summed E-state index contributed by atoms with van der Waals surface area (Å²) in [5, 5.41) is 12.7. The molecule has 0 aliphatic carbocycles. The number of amides is 1. The summed E-state index contributed by atoms with van der Waals surface area (Å²) in [6.07, 6.45) is 0.693. The molecule has 1 aliphatic rings. The van der Waals surface area contributed by atoms with Crippen molar-refractivity contribution in [3.63, 3.8) is 0 Å². The Kier molecular flexibility index (Phi) is 6.61. The van der Waals surface area contributed by atoms with Gasteiger partial charge in [0.2, 0.25) is 5.91 Å². The first-order valence-corrected chi connectivity index (χ1v) is 8.78. The lowest BCUT2D eigenvalue weighted by molar-refractivity contribution is -0.150. The van der Waals surface area contributed by atoms with Crippen LogP contribution in [-0.2, 0) is 14.3 Å². The van der Waals surface area contributed by atoms with Crippen molar-refractivity contribution < 1.29 is 24.2 Å². The van der Waals surface area contributed by atoms with Gasteiger partial charge >= 0.3 is 5.97 Å². The predicted octanol–water partition coefficient (Wildman–Crippen LogP) is 1.68. The second-order valence-electron chi connectivity index (χ2n) is 6.61. The highest BCUT2D eigenvalue weighted by atomic mass is 16.5. The van der Waals surface area contributed by atoms with Gasteiger partial charge in [0, 0.05) is 19.7 Å². The number of ether oxygens (including phenoxy) is 2. The van der Waals surface area contributed by atoms with Crippen molar-refractivity contribution in [2.45, 2.75) is 31.3 Å². The summed E-state index contributed by atoms with van der Waals surface area (Å²) in [5.41, 5.74) is -0.162. The molecule has 0 bridgehead atoms. The quantitative estimate of drug-likeness (QED) is 0.683. The second kappa shape index (κ2) is 8.51. The zero-order chi connectivity index (χ0) is 19.3. The number of carboxylic acids is 1. The van der Waals surface area contributed by atoms with Crippen LogP contribution >= 0.6 is 0 Å². The van der Waals surface area contributed by atoms with Crippen LogP contribution in [0, 0.1) is 5.92 Å². The number of benzene rings is 1. The normalized spacial score (nSPS) is 25.8. The molecule has 2 rings (SSSR count). The lowest BCUT2D eigenvalue weighted by Gasteiger charge is -2.34. The summed E-state index contributed by atoms with van der Waals surface area (Å²) < 4.78 is 10.2. The number of carboxylic acid groups (broad SMARTS) is 1. The number of likely N-dealkylation sites (N-methyl/N-ethyl adjacent to an activating group) is 1. The zero-order valence-electron chi connectivity index (χ0n) is 15.8. The summed E-state index contributed by atoms with van der Waals surface area (Å²) in [7, 11) is 4.95. The number of likely N-dealkylation sites (tertiary alicyclic amines) is 1. The smallest absolute Gasteiger partial charge is 0.324 e. The first kappa shape index (κ1) is 20.2. The number of hydrogen-bond acceptors (Lipinski definition) is 5. The predicted molar refractivity (Wildman–Crippen MR) is 97.1 cm³/mol. The third kappa shape index (κ3) is 3.68. The standard InChI is InChI=1S/C19H28N2O5/c1-5-19(18(23)24)12-15(17(22)20-10-11-25-3)16(21(19)2)13-6-8-14(26-4)9-7-13/h6-9,15-16H,5,10-12H2,1-4H3,(H,20,22)(H,23,24)/t15-,16-,19-/m1/s1. The van der Waals surface area contributed by atoms with Gasteiger partial charge in [-0.2, -0.15) is 0 Å². The molecule has 1 fully saturated rings. The summed E-state index contributed by atoms with van der Waals surface area (Å²) >= 11 is 0. The van der Waals surface area contributed by atoms with E-state index >= 15 is 0 Å². The van der Waals surface area contributed by atoms with Gasteiger partial charge in [-0.3, -0.25) is 14.5 Å². The van der Waals surface area contributed by atoms with Crippen LogP contribution in [0.3, 0.4) is 0 Å². The van der Waals surface area contributed by atoms with Crippen molar-refractivity contribution in [2.75, 3.05) is 34.4 Å². The van der Waals surface area contributed by atoms with Gasteiger partial charge in [-0.05, 0) is 37.6 Å². The Labute approximate surface area is 154 Å². The molecule has 0 unspecified atom stereocenters. The molecule has 1 saturated heterocycles. The van der Waals surface area contributed by atoms with E-state index in [0.717, 1.165) is 11.3 Å². The van der Waals surface area contributed by atoms with Crippen molar-refractivity contribution in [3.8, 4) is 5.75 Å². The molecule has 1 amide bonds. The van der Waals surface area contributed by atoms with Crippen molar-refractivity contribution in [3.05, 3.63) is 29.8 Å². The number of rotatable bonds is 8. The Morgan fingerprint density at radius 1 is 1.31 bits per heavy atom. The summed E-state index contributed by atoms with van der Waals surface area (Å²) in [5.74, 6) is -0.781. The minimum atomic E-state index is -1.06. The molecule has 26 heavy (non-hydrogen) atoms. The number of hydrogen-bond donors (Lipinski definition) is 2. The van der Waals surface area contributed by atoms with Gasteiger partial charge in [0.15, 0.2) is 0 Å². The van der Waals surface area contributed by atoms with Gasteiger partial charge in [-0.1, -0.05) is 19.1 Å². The molecule has 1 aromatic carbocycles. The average molecular weight is 364 g/mol. The highest BCUT2D eigenvalue weighted by Gasteiger charge is 2.56. The van der Waals surface area contributed by atoms with Gasteiger partial charge in [-0.15, -0.1) is 0 Å². The SMILES string of the molecule is CC[C@]1(C(=O)O)C[C@@H](C(=O)NCCOC)[C@@H](c2ccc(OC)cc2)N1C. The van der Waals surface area contributed by atoms with Gasteiger partial charge in [0.1, 0.15) is 11.3 Å². The molecule has 1 heterocycles. The van der Waals surface area contributed by atoms with Crippen LogP contribution in [0.15, 0.2) is 24.3 Å². The van der Waals surface area contributed by atoms with Gasteiger partial charge in [0.05, 0.1) is 19.6 Å². The van der Waals surface area contributed by atoms with E-state index in [0.29, 0.717) is 19.6 Å². The van der Waals surface area contributed by atoms with Gasteiger partial charge < -0.3 is 19.9 Å². The van der Waals surface area contributed by atoms with E-state index in [2.05, 4.69) is 5.32 Å². The highest BCUT2D eigenvalue weighted by Crippen LogP contribution is 2.47. The summed E-state index contributed by atoms with van der Waals surface area (Å²) in [6.45, 7) is 2.66. The number of nitrogens with one attached hydrogen (secondary N) is 1. The molecule has 144 valence electrons. The largest absolute Gasteiger partial charge is 0.497 e. The second-order valence-corrected chi connectivity index (χ2v) is 6.61. The molecular weight excluding hydrogens is 336 g/mol. The van der Waals surface area contributed by atoms with E-state index < -0.39 is 17.4 Å². The number of aliphatic carboxylic acids is 1. The van der Waals surface area contributed by atoms with Gasteiger partial charge in [0.25, 0.3) is 0 Å². The van der Waals surface area contributed by atoms with Crippen molar-refractivity contribution in [2.24, 2.45) is 5.92 Å². The first-order chi connectivity index (χ1) is 12.4. The number of carbonyl (C=O) groups excluding carboxylic acids is 1. The fraction of sp³-hybridized carbons (Fsp3) is 0.579. The Morgan fingerprint density at radius 2 is 1.96 bits per heavy atom. The van der Waals surface area contributed by atoms with Crippen molar-refractivity contribution >= 4 is 11.9 Å². The highest BCUT2D eigenvalue weighted by molar-refractivity contribution is 5.85. The van der Waals surface area contributed by atoms with E-state index in [9.17, 15) is 14.7 Å². The van der Waals surface area contributed by atoms with E-state index in [1.54, 1.807) is 21.3 Å². The molecule has 2 N–H and O–H groups in total. The third-order valence-electron chi connectivity index (χ3n) is 5.41. The molecule has 0 radical (unpaired) electrons. The molecule has 7 nitrogen and oxygen atoms in total. The zero-order valence-corrected chi connectivity index (χ0v) is 15.8. The van der Waals surface area contributed by atoms with Crippen LogP contribution in [0.25, 0.3) is 0 Å². The maximum atomic E-state index is 12.8. The minimum Gasteiger partial charge on any atom is -0.497 e. The Balaban J connectivity index is 2.37. The van der Waals surface area contributed by atoms with E-state index in [4.69, 9.17) is 9.47 Å². The van der Waals surface area contributed by atoms with Crippen LogP contribution in [0.5, 0.6) is 5.75 Å². The summed E-state index contributed by atoms with van der Waals surface area (Å²) in [4.78, 5) is 26.7. The lowest BCUT2D eigenvalue weighted by atomic mass is 9.87. The van der Waals surface area contributed by atoms with Crippen LogP contribution in [0.4, 0.5) is 0 Å². The fourth-order valence-corrected chi connectivity index (χ4v) is 3.84. The molecule has 3 atom stereocenters. The third-order valence-corrected chi connectivity index (χ3v) is 5.41. The Hall–Kier alpha value is -2.12. The molecule has 7 heteroatoms. The Bertz CT molecular complexity index is 633. The number of methoxy groups -OCH3 is 2. The van der Waals surface area contributed by atoms with Crippen LogP contribution in [0.1, 0.15) is 31.4 Å². The number of nitrogens with zero attached hydrogens (tertiary/aromatic N) is 1.